The number of unbranched alkanes of at least 4 members (excludes halogenated alkanes) is 2. The van der Waals surface area contributed by atoms with Gasteiger partial charge >= 0.3 is 6.18 Å². The van der Waals surface area contributed by atoms with Gasteiger partial charge in [0.15, 0.2) is 0 Å². The molecule has 0 N–H and O–H groups in total. The Morgan fingerprint density at radius 3 is 2.58 bits per heavy atom. The molecule has 0 spiro atoms. The number of aromatic nitrogens is 3. The third kappa shape index (κ3) is 4.11. The van der Waals surface area contributed by atoms with E-state index in [2.05, 4.69) is 28.2 Å². The molecule has 0 bridgehead atoms. The van der Waals surface area contributed by atoms with Crippen LogP contribution in [0.1, 0.15) is 37.4 Å². The molecule has 4 nitrogen and oxygen atoms in total. The van der Waals surface area contributed by atoms with Crippen molar-refractivity contribution in [3.8, 4) is 22.5 Å². The van der Waals surface area contributed by atoms with Crippen LogP contribution in [0.3, 0.4) is 0 Å². The van der Waals surface area contributed by atoms with Gasteiger partial charge in [-0.1, -0.05) is 43.7 Å². The molecule has 168 valence electrons. The van der Waals surface area contributed by atoms with E-state index in [4.69, 9.17) is 4.42 Å². The largest absolute Gasteiger partial charge is 0.573 e. The van der Waals surface area contributed by atoms with E-state index in [1.54, 1.807) is 12.3 Å². The first kappa shape index (κ1) is 21.2. The van der Waals surface area contributed by atoms with Crippen molar-refractivity contribution < 1.29 is 17.6 Å². The topological polar surface area (TPSA) is 53.0 Å². The number of fused-ring (bicyclic) bond motifs is 3. The molecular formula is C26H21F3N3O-. The normalized spacial score (nSPS) is 12.1. The summed E-state index contributed by atoms with van der Waals surface area (Å²) in [6, 6.07) is 16.7. The fourth-order valence-electron chi connectivity index (χ4n) is 4.15. The maximum Gasteiger partial charge on any atom is 0.431 e. The Morgan fingerprint density at radius 1 is 0.939 bits per heavy atom. The molecule has 0 saturated carbocycles. The van der Waals surface area contributed by atoms with Crippen LogP contribution < -0.4 is 5.10 Å². The predicted octanol–water partition coefficient (Wildman–Crippen LogP) is 7.42. The summed E-state index contributed by atoms with van der Waals surface area (Å²) in [4.78, 5) is 4.24. The molecule has 7 heteroatoms. The molecule has 3 aromatic heterocycles. The zero-order valence-electron chi connectivity index (χ0n) is 18.0. The molecule has 0 radical (unpaired) electrons. The lowest BCUT2D eigenvalue weighted by molar-refractivity contribution is -0.141. The summed E-state index contributed by atoms with van der Waals surface area (Å²) in [5.74, 6) is 0. The molecule has 0 atom stereocenters. The van der Waals surface area contributed by atoms with E-state index < -0.39 is 11.9 Å². The van der Waals surface area contributed by atoms with Gasteiger partial charge in [-0.3, -0.25) is 4.98 Å². The van der Waals surface area contributed by atoms with Gasteiger partial charge in [0, 0.05) is 22.7 Å². The number of para-hydroxylation sites is 1. The highest BCUT2D eigenvalue weighted by Crippen LogP contribution is 2.36. The van der Waals surface area contributed by atoms with Crippen molar-refractivity contribution in [2.45, 2.75) is 38.8 Å². The maximum absolute atomic E-state index is 13.0. The zero-order valence-corrected chi connectivity index (χ0v) is 18.0. The number of hydrogen-bond acceptors (Lipinski definition) is 3. The van der Waals surface area contributed by atoms with E-state index >= 15 is 0 Å². The Hall–Kier alpha value is -3.61. The van der Waals surface area contributed by atoms with E-state index in [9.17, 15) is 13.2 Å². The number of pyridine rings is 1. The molecule has 0 aliphatic rings. The van der Waals surface area contributed by atoms with Crippen LogP contribution in [0.4, 0.5) is 13.2 Å². The predicted molar refractivity (Wildman–Crippen MR) is 122 cm³/mol. The van der Waals surface area contributed by atoms with Crippen LogP contribution in [0.2, 0.25) is 0 Å². The quantitative estimate of drug-likeness (QED) is 0.254. The molecule has 5 rings (SSSR count). The maximum atomic E-state index is 13.0. The molecule has 0 unspecified atom stereocenters. The number of furan rings is 1. The van der Waals surface area contributed by atoms with Crippen molar-refractivity contribution >= 4 is 21.9 Å². The molecule has 3 heterocycles. The second kappa shape index (κ2) is 8.39. The Labute approximate surface area is 188 Å². The minimum Gasteiger partial charge on any atom is -0.573 e. The Kier molecular flexibility index (Phi) is 5.40. The van der Waals surface area contributed by atoms with Crippen LogP contribution in [0.25, 0.3) is 44.5 Å². The second-order valence-electron chi connectivity index (χ2n) is 8.10. The summed E-state index contributed by atoms with van der Waals surface area (Å²) < 4.78 is 45.0. The van der Waals surface area contributed by atoms with Crippen LogP contribution in [0, 0.1) is 0 Å². The van der Waals surface area contributed by atoms with Crippen LogP contribution in [0.5, 0.6) is 0 Å². The van der Waals surface area contributed by atoms with E-state index in [1.165, 1.54) is 5.56 Å². The van der Waals surface area contributed by atoms with Crippen molar-refractivity contribution in [2.24, 2.45) is 0 Å². The Bertz CT molecular complexity index is 1430. The molecular weight excluding hydrogens is 427 g/mol. The van der Waals surface area contributed by atoms with Crippen LogP contribution >= 0.6 is 0 Å². The SMILES string of the molecule is CCCCCc1cc2c(cc1-c1ccnc(-c3cc(C(F)(F)F)n[n-]3)c1)oc1ccccc12. The van der Waals surface area contributed by atoms with E-state index in [0.29, 0.717) is 5.69 Å². The average Bonchev–Trinajstić information content (AvgIpc) is 3.44. The van der Waals surface area contributed by atoms with Crippen LogP contribution in [-0.2, 0) is 12.6 Å². The zero-order chi connectivity index (χ0) is 23.0. The molecule has 0 aliphatic heterocycles. The van der Waals surface area contributed by atoms with Gasteiger partial charge in [0.2, 0.25) is 0 Å². The summed E-state index contributed by atoms with van der Waals surface area (Å²) in [5, 5.41) is 9.10. The number of halogens is 3. The lowest BCUT2D eigenvalue weighted by Crippen LogP contribution is -2.04. The average molecular weight is 448 g/mol. The van der Waals surface area contributed by atoms with Crippen molar-refractivity contribution in [1.82, 2.24) is 15.2 Å². The first-order chi connectivity index (χ1) is 15.9. The molecule has 0 amide bonds. The monoisotopic (exact) mass is 448 g/mol. The van der Waals surface area contributed by atoms with Crippen molar-refractivity contribution in [3.05, 3.63) is 72.1 Å². The first-order valence-corrected chi connectivity index (χ1v) is 10.9. The van der Waals surface area contributed by atoms with Gasteiger partial charge < -0.3 is 14.6 Å². The Balaban J connectivity index is 1.62. The molecule has 33 heavy (non-hydrogen) atoms. The van der Waals surface area contributed by atoms with Crippen molar-refractivity contribution in [1.29, 1.82) is 0 Å². The van der Waals surface area contributed by atoms with Crippen molar-refractivity contribution in [3.63, 3.8) is 0 Å². The van der Waals surface area contributed by atoms with Gasteiger partial charge in [-0.25, -0.2) is 0 Å². The fourth-order valence-corrected chi connectivity index (χ4v) is 4.15. The fraction of sp³-hybridized carbons (Fsp3) is 0.231. The smallest absolute Gasteiger partial charge is 0.431 e. The third-order valence-electron chi connectivity index (χ3n) is 5.81. The summed E-state index contributed by atoms with van der Waals surface area (Å²) in [5.41, 5.74) is 4.03. The summed E-state index contributed by atoms with van der Waals surface area (Å²) >= 11 is 0. The molecule has 0 fully saturated rings. The molecule has 2 aromatic carbocycles. The van der Waals surface area contributed by atoms with Gasteiger partial charge in [-0.05, 0) is 65.9 Å². The minimum absolute atomic E-state index is 0.0986. The Morgan fingerprint density at radius 2 is 1.79 bits per heavy atom. The number of aryl methyl sites for hydroxylation is 1. The standard InChI is InChI=1S/C26H21F3N3O/c1-2-3-4-7-16-12-20-18-8-5-6-9-23(18)33-24(20)14-19(16)17-10-11-30-21(13-17)22-15-25(32-31-22)26(27,28)29/h5-6,8-15H,2-4,7H2,1H3/q-1. The van der Waals surface area contributed by atoms with Gasteiger partial charge in [0.05, 0.1) is 0 Å². The van der Waals surface area contributed by atoms with Crippen LogP contribution in [0.15, 0.2) is 65.2 Å². The van der Waals surface area contributed by atoms with Gasteiger partial charge in [0.1, 0.15) is 16.9 Å². The van der Waals surface area contributed by atoms with Crippen molar-refractivity contribution in [2.75, 3.05) is 0 Å². The highest BCUT2D eigenvalue weighted by Gasteiger charge is 2.31. The van der Waals surface area contributed by atoms with Gasteiger partial charge in [-0.15, -0.1) is 0 Å². The van der Waals surface area contributed by atoms with Gasteiger partial charge in [0.25, 0.3) is 0 Å². The van der Waals surface area contributed by atoms with Gasteiger partial charge in [-0.2, -0.15) is 13.2 Å². The lowest BCUT2D eigenvalue weighted by Gasteiger charge is -2.12. The number of hydrogen-bond donors (Lipinski definition) is 0. The van der Waals surface area contributed by atoms with E-state index in [0.717, 1.165) is 64.8 Å². The van der Waals surface area contributed by atoms with E-state index in [1.807, 2.05) is 36.4 Å². The molecule has 0 saturated heterocycles. The summed E-state index contributed by atoms with van der Waals surface area (Å²) in [6.45, 7) is 2.17. The lowest BCUT2D eigenvalue weighted by atomic mass is 9.94. The summed E-state index contributed by atoms with van der Waals surface area (Å²) in [6.07, 6.45) is 1.22. The molecule has 5 aromatic rings. The van der Waals surface area contributed by atoms with E-state index in [-0.39, 0.29) is 5.69 Å². The first-order valence-electron chi connectivity index (χ1n) is 10.9. The number of benzene rings is 2. The summed E-state index contributed by atoms with van der Waals surface area (Å²) in [7, 11) is 0. The number of alkyl halides is 3. The van der Waals surface area contributed by atoms with Crippen LogP contribution in [-0.4, -0.2) is 10.1 Å². The number of rotatable bonds is 6. The third-order valence-corrected chi connectivity index (χ3v) is 5.81. The highest BCUT2D eigenvalue weighted by molar-refractivity contribution is 6.06. The minimum atomic E-state index is -4.54. The number of nitrogens with zero attached hydrogens (tertiary/aromatic N) is 3. The molecule has 0 aliphatic carbocycles. The highest BCUT2D eigenvalue weighted by atomic mass is 19.4. The second-order valence-corrected chi connectivity index (χ2v) is 8.10.